The van der Waals surface area contributed by atoms with E-state index in [0.717, 1.165) is 18.2 Å². The second-order valence-electron chi connectivity index (χ2n) is 8.94. The summed E-state index contributed by atoms with van der Waals surface area (Å²) in [6, 6.07) is 11.1. The Labute approximate surface area is 195 Å². The molecule has 2 aromatic rings. The van der Waals surface area contributed by atoms with Gasteiger partial charge in [-0.05, 0) is 24.3 Å². The fourth-order valence-corrected chi connectivity index (χ4v) is 4.19. The van der Waals surface area contributed by atoms with Crippen LogP contribution in [-0.2, 0) is 0 Å². The molecule has 0 heterocycles. The van der Waals surface area contributed by atoms with Crippen molar-refractivity contribution in [3.8, 4) is 5.75 Å². The summed E-state index contributed by atoms with van der Waals surface area (Å²) in [5.41, 5.74) is 0.310. The number of allylic oxidation sites excluding steroid dienone is 1. The predicted octanol–water partition coefficient (Wildman–Crippen LogP) is 8.66. The standard InChI is InChI=1S/C29H43NO2/c1-2-3-4-5-6-7-8-9-10-11-12-13-14-15-16-19-24-30-29(32)27-23-22-25-20-17-18-21-26(25)28(27)31/h17-24,31H,2-16H2,1H3,(H,30,32). The van der Waals surface area contributed by atoms with Gasteiger partial charge in [0.2, 0.25) is 0 Å². The van der Waals surface area contributed by atoms with Crippen LogP contribution in [0.5, 0.6) is 5.75 Å². The maximum absolute atomic E-state index is 12.3. The fourth-order valence-electron chi connectivity index (χ4n) is 4.19. The second-order valence-corrected chi connectivity index (χ2v) is 8.94. The third-order valence-electron chi connectivity index (χ3n) is 6.20. The monoisotopic (exact) mass is 437 g/mol. The minimum absolute atomic E-state index is 0.0426. The number of phenolic OH excluding ortho intramolecular Hbond substituents is 1. The van der Waals surface area contributed by atoms with Crippen molar-refractivity contribution in [1.82, 2.24) is 5.32 Å². The van der Waals surface area contributed by atoms with Gasteiger partial charge < -0.3 is 10.4 Å². The summed E-state index contributed by atoms with van der Waals surface area (Å²) in [5.74, 6) is -0.230. The lowest BCUT2D eigenvalue weighted by Crippen LogP contribution is -2.17. The maximum Gasteiger partial charge on any atom is 0.258 e. The van der Waals surface area contributed by atoms with Gasteiger partial charge in [0.1, 0.15) is 5.75 Å². The zero-order chi connectivity index (χ0) is 22.9. The van der Waals surface area contributed by atoms with Crippen LogP contribution in [0.2, 0.25) is 0 Å². The summed E-state index contributed by atoms with van der Waals surface area (Å²) in [7, 11) is 0. The van der Waals surface area contributed by atoms with Gasteiger partial charge in [-0.25, -0.2) is 0 Å². The van der Waals surface area contributed by atoms with Gasteiger partial charge in [-0.3, -0.25) is 4.79 Å². The third kappa shape index (κ3) is 9.89. The highest BCUT2D eigenvalue weighted by molar-refractivity contribution is 6.03. The highest BCUT2D eigenvalue weighted by Gasteiger charge is 2.12. The molecular weight excluding hydrogens is 394 g/mol. The Balaban J connectivity index is 1.46. The zero-order valence-corrected chi connectivity index (χ0v) is 20.1. The fraction of sp³-hybridized carbons (Fsp3) is 0.552. The molecular formula is C29H43NO2. The second kappa shape index (κ2) is 16.4. The van der Waals surface area contributed by atoms with Crippen molar-refractivity contribution in [2.24, 2.45) is 0 Å². The molecule has 0 aliphatic heterocycles. The summed E-state index contributed by atoms with van der Waals surface area (Å²) < 4.78 is 0. The largest absolute Gasteiger partial charge is 0.506 e. The Morgan fingerprint density at radius 2 is 1.34 bits per heavy atom. The quantitative estimate of drug-likeness (QED) is 0.243. The first-order valence-electron chi connectivity index (χ1n) is 12.9. The van der Waals surface area contributed by atoms with Gasteiger partial charge >= 0.3 is 0 Å². The van der Waals surface area contributed by atoms with E-state index in [4.69, 9.17) is 0 Å². The van der Waals surface area contributed by atoms with E-state index < -0.39 is 0 Å². The summed E-state index contributed by atoms with van der Waals surface area (Å²) in [5, 5.41) is 14.8. The van der Waals surface area contributed by atoms with E-state index in [1.807, 2.05) is 36.4 Å². The SMILES string of the molecule is CCCCCCCCCCCCCCCCC=CNC(=O)c1ccc2ccccc2c1O. The van der Waals surface area contributed by atoms with Gasteiger partial charge in [0, 0.05) is 11.6 Å². The normalized spacial score (nSPS) is 11.4. The molecule has 0 aliphatic carbocycles. The number of hydrogen-bond donors (Lipinski definition) is 2. The number of amides is 1. The van der Waals surface area contributed by atoms with E-state index in [-0.39, 0.29) is 11.7 Å². The van der Waals surface area contributed by atoms with Crippen molar-refractivity contribution < 1.29 is 9.90 Å². The van der Waals surface area contributed by atoms with Crippen molar-refractivity contribution in [1.29, 1.82) is 0 Å². The van der Waals surface area contributed by atoms with Crippen LogP contribution < -0.4 is 5.32 Å². The van der Waals surface area contributed by atoms with E-state index >= 15 is 0 Å². The van der Waals surface area contributed by atoms with Crippen molar-refractivity contribution >= 4 is 16.7 Å². The smallest absolute Gasteiger partial charge is 0.258 e. The molecule has 2 aromatic carbocycles. The molecule has 3 heteroatoms. The molecule has 0 unspecified atom stereocenters. The number of hydrogen-bond acceptors (Lipinski definition) is 2. The third-order valence-corrected chi connectivity index (χ3v) is 6.20. The highest BCUT2D eigenvalue weighted by atomic mass is 16.3. The number of phenols is 1. The van der Waals surface area contributed by atoms with Crippen LogP contribution in [0.4, 0.5) is 0 Å². The van der Waals surface area contributed by atoms with Crippen LogP contribution in [0, 0.1) is 0 Å². The Kier molecular flexibility index (Phi) is 13.3. The molecule has 2 rings (SSSR count). The van der Waals surface area contributed by atoms with E-state index in [9.17, 15) is 9.90 Å². The molecule has 0 saturated carbocycles. The van der Waals surface area contributed by atoms with Gasteiger partial charge in [0.25, 0.3) is 5.91 Å². The lowest BCUT2D eigenvalue weighted by molar-refractivity contribution is 0.0967. The van der Waals surface area contributed by atoms with Gasteiger partial charge in [0.05, 0.1) is 5.56 Å². The lowest BCUT2D eigenvalue weighted by Gasteiger charge is -2.07. The number of nitrogens with one attached hydrogen (secondary N) is 1. The first-order chi connectivity index (χ1) is 15.7. The van der Waals surface area contributed by atoms with E-state index in [0.29, 0.717) is 10.9 Å². The molecule has 0 aromatic heterocycles. The van der Waals surface area contributed by atoms with Crippen molar-refractivity contribution in [2.45, 2.75) is 103 Å². The van der Waals surface area contributed by atoms with Crippen molar-refractivity contribution in [2.75, 3.05) is 0 Å². The summed E-state index contributed by atoms with van der Waals surface area (Å²) >= 11 is 0. The number of carbonyl (C=O) groups is 1. The molecule has 0 saturated heterocycles. The van der Waals surface area contributed by atoms with Crippen molar-refractivity contribution in [3.63, 3.8) is 0 Å². The number of benzene rings is 2. The molecule has 1 amide bonds. The molecule has 0 spiro atoms. The molecule has 0 radical (unpaired) electrons. The number of unbranched alkanes of at least 4 members (excludes halogenated alkanes) is 14. The van der Waals surface area contributed by atoms with Crippen LogP contribution in [-0.4, -0.2) is 11.0 Å². The molecule has 176 valence electrons. The number of rotatable bonds is 17. The van der Waals surface area contributed by atoms with Crippen molar-refractivity contribution in [3.05, 3.63) is 54.2 Å². The molecule has 0 atom stereocenters. The number of fused-ring (bicyclic) bond motifs is 1. The Morgan fingerprint density at radius 1 is 0.781 bits per heavy atom. The Morgan fingerprint density at radius 3 is 1.97 bits per heavy atom. The summed E-state index contributed by atoms with van der Waals surface area (Å²) in [6.07, 6.45) is 23.8. The average molecular weight is 438 g/mol. The molecule has 0 aliphatic rings. The van der Waals surface area contributed by atoms with Gasteiger partial charge in [-0.15, -0.1) is 0 Å². The van der Waals surface area contributed by atoms with Crippen LogP contribution in [0.3, 0.4) is 0 Å². The number of aromatic hydroxyl groups is 1. The first-order valence-corrected chi connectivity index (χ1v) is 12.9. The molecule has 0 bridgehead atoms. The molecule has 0 fully saturated rings. The molecule has 3 nitrogen and oxygen atoms in total. The van der Waals surface area contributed by atoms with Crippen LogP contribution >= 0.6 is 0 Å². The summed E-state index contributed by atoms with van der Waals surface area (Å²) in [4.78, 5) is 12.3. The molecule has 32 heavy (non-hydrogen) atoms. The zero-order valence-electron chi connectivity index (χ0n) is 20.1. The Bertz CT molecular complexity index is 812. The average Bonchev–Trinajstić information content (AvgIpc) is 2.81. The highest BCUT2D eigenvalue weighted by Crippen LogP contribution is 2.28. The van der Waals surface area contributed by atoms with Crippen LogP contribution in [0.25, 0.3) is 10.8 Å². The van der Waals surface area contributed by atoms with E-state index in [2.05, 4.69) is 12.2 Å². The summed E-state index contributed by atoms with van der Waals surface area (Å²) in [6.45, 7) is 2.28. The van der Waals surface area contributed by atoms with E-state index in [1.165, 1.54) is 83.5 Å². The topological polar surface area (TPSA) is 49.3 Å². The van der Waals surface area contributed by atoms with Gasteiger partial charge in [-0.2, -0.15) is 0 Å². The van der Waals surface area contributed by atoms with Gasteiger partial charge in [-0.1, -0.05) is 127 Å². The first kappa shape index (κ1) is 26.0. The predicted molar refractivity (Wildman–Crippen MR) is 137 cm³/mol. The van der Waals surface area contributed by atoms with E-state index in [1.54, 1.807) is 12.3 Å². The molecule has 2 N–H and O–H groups in total. The maximum atomic E-state index is 12.3. The minimum Gasteiger partial charge on any atom is -0.506 e. The number of carbonyl (C=O) groups excluding carboxylic acids is 1. The van der Waals surface area contributed by atoms with Gasteiger partial charge in [0.15, 0.2) is 0 Å². The minimum atomic E-state index is -0.273. The van der Waals surface area contributed by atoms with Crippen LogP contribution in [0.15, 0.2) is 48.7 Å². The lowest BCUT2D eigenvalue weighted by atomic mass is 10.0. The van der Waals surface area contributed by atoms with Crippen LogP contribution in [0.1, 0.15) is 114 Å². The Hall–Kier alpha value is -2.29.